The molecule has 0 fully saturated rings. The molecular formula is C24H27N3O4S. The van der Waals surface area contributed by atoms with Gasteiger partial charge in [-0.2, -0.15) is 0 Å². The largest absolute Gasteiger partial charge is 0.383 e. The van der Waals surface area contributed by atoms with Gasteiger partial charge in [0.25, 0.3) is 5.91 Å². The van der Waals surface area contributed by atoms with Gasteiger partial charge in [-0.05, 0) is 55.0 Å². The highest BCUT2D eigenvalue weighted by atomic mass is 32.2. The van der Waals surface area contributed by atoms with Gasteiger partial charge < -0.3 is 15.4 Å². The summed E-state index contributed by atoms with van der Waals surface area (Å²) in [5.74, 6) is -0.391. The third-order valence-electron chi connectivity index (χ3n) is 4.83. The predicted octanol–water partition coefficient (Wildman–Crippen LogP) is 4.04. The van der Waals surface area contributed by atoms with Crippen LogP contribution in [0, 0.1) is 0 Å². The van der Waals surface area contributed by atoms with Crippen LogP contribution >= 0.6 is 0 Å². The molecule has 0 saturated heterocycles. The molecule has 3 N–H and O–H groups in total. The van der Waals surface area contributed by atoms with Crippen LogP contribution in [-0.4, -0.2) is 34.6 Å². The summed E-state index contributed by atoms with van der Waals surface area (Å²) in [6.45, 7) is 2.49. The van der Waals surface area contributed by atoms with Gasteiger partial charge in [-0.3, -0.25) is 4.79 Å². The quantitative estimate of drug-likeness (QED) is 0.403. The molecule has 0 saturated carbocycles. The Bertz CT molecular complexity index is 1130. The lowest BCUT2D eigenvalue weighted by Gasteiger charge is -2.16. The van der Waals surface area contributed by atoms with Gasteiger partial charge in [-0.15, -0.1) is 0 Å². The molecule has 1 amide bonds. The number of rotatable bonds is 10. The molecule has 0 radical (unpaired) electrons. The third-order valence-corrected chi connectivity index (χ3v) is 6.29. The van der Waals surface area contributed by atoms with E-state index in [9.17, 15) is 13.2 Å². The summed E-state index contributed by atoms with van der Waals surface area (Å²) >= 11 is 0. The van der Waals surface area contributed by atoms with Crippen molar-refractivity contribution in [2.75, 3.05) is 30.9 Å². The molecule has 168 valence electrons. The van der Waals surface area contributed by atoms with Crippen LogP contribution in [0.25, 0.3) is 0 Å². The van der Waals surface area contributed by atoms with Crippen LogP contribution < -0.4 is 15.4 Å². The second-order valence-corrected chi connectivity index (χ2v) is 8.99. The summed E-state index contributed by atoms with van der Waals surface area (Å²) in [6, 6.07) is 23.5. The number of carbonyl (C=O) groups excluding carboxylic acids is 1. The van der Waals surface area contributed by atoms with Gasteiger partial charge in [0.1, 0.15) is 0 Å². The molecule has 0 aliphatic heterocycles. The number of hydrogen-bond acceptors (Lipinski definition) is 5. The van der Waals surface area contributed by atoms with Gasteiger partial charge in [-0.1, -0.05) is 36.4 Å². The second kappa shape index (κ2) is 10.9. The molecule has 1 atom stereocenters. The molecule has 1 unspecified atom stereocenters. The molecule has 0 spiro atoms. The van der Waals surface area contributed by atoms with Crippen molar-refractivity contribution < 1.29 is 17.9 Å². The first kappa shape index (κ1) is 23.5. The number of anilines is 2. The first-order chi connectivity index (χ1) is 15.4. The fourth-order valence-corrected chi connectivity index (χ4v) is 4.15. The minimum atomic E-state index is -3.72. The van der Waals surface area contributed by atoms with Crippen molar-refractivity contribution in [2.45, 2.75) is 17.9 Å². The molecule has 0 aliphatic rings. The first-order valence-electron chi connectivity index (χ1n) is 10.2. The highest BCUT2D eigenvalue weighted by molar-refractivity contribution is 7.89. The average Bonchev–Trinajstić information content (AvgIpc) is 2.81. The van der Waals surface area contributed by atoms with Gasteiger partial charge in [0.2, 0.25) is 10.0 Å². The van der Waals surface area contributed by atoms with E-state index in [0.29, 0.717) is 5.69 Å². The fraction of sp³-hybridized carbons (Fsp3) is 0.208. The van der Waals surface area contributed by atoms with Crippen LogP contribution in [0.5, 0.6) is 0 Å². The number of ether oxygens (including phenoxy) is 1. The maximum Gasteiger partial charge on any atom is 0.255 e. The van der Waals surface area contributed by atoms with E-state index in [-0.39, 0.29) is 29.7 Å². The van der Waals surface area contributed by atoms with Crippen molar-refractivity contribution in [1.29, 1.82) is 0 Å². The highest BCUT2D eigenvalue weighted by Crippen LogP contribution is 2.21. The summed E-state index contributed by atoms with van der Waals surface area (Å²) in [5.41, 5.74) is 2.96. The number of methoxy groups -OCH3 is 1. The number of amides is 1. The topological polar surface area (TPSA) is 96.5 Å². The Kier molecular flexibility index (Phi) is 7.99. The SMILES string of the molecule is COCCNS(=O)(=O)c1cccc(C(=O)Nc2ccc(NC(C)c3ccccc3)cc2)c1. The Morgan fingerprint density at radius 1 is 0.938 bits per heavy atom. The standard InChI is InChI=1S/C24H27N3O4S/c1-18(19-7-4-3-5-8-19)26-21-11-13-22(14-12-21)27-24(28)20-9-6-10-23(17-20)32(29,30)25-15-16-31-2/h3-14,17-18,25-26H,15-16H2,1-2H3,(H,27,28). The number of sulfonamides is 1. The minimum Gasteiger partial charge on any atom is -0.383 e. The van der Waals surface area contributed by atoms with E-state index in [1.54, 1.807) is 18.2 Å². The molecule has 0 aromatic heterocycles. The van der Waals surface area contributed by atoms with Crippen molar-refractivity contribution in [3.05, 3.63) is 90.0 Å². The number of carbonyl (C=O) groups is 1. The van der Waals surface area contributed by atoms with Crippen LogP contribution in [0.3, 0.4) is 0 Å². The van der Waals surface area contributed by atoms with Crippen molar-refractivity contribution in [2.24, 2.45) is 0 Å². The monoisotopic (exact) mass is 453 g/mol. The van der Waals surface area contributed by atoms with E-state index in [1.165, 1.54) is 30.9 Å². The molecule has 32 heavy (non-hydrogen) atoms. The summed E-state index contributed by atoms with van der Waals surface area (Å²) in [4.78, 5) is 12.7. The summed E-state index contributed by atoms with van der Waals surface area (Å²) < 4.78 is 32.0. The van der Waals surface area contributed by atoms with Crippen LogP contribution in [0.2, 0.25) is 0 Å². The van der Waals surface area contributed by atoms with Gasteiger partial charge >= 0.3 is 0 Å². The summed E-state index contributed by atoms with van der Waals surface area (Å²) in [6.07, 6.45) is 0. The first-order valence-corrected chi connectivity index (χ1v) is 11.7. The molecule has 3 aromatic carbocycles. The van der Waals surface area contributed by atoms with Gasteiger partial charge in [0.05, 0.1) is 11.5 Å². The predicted molar refractivity (Wildman–Crippen MR) is 126 cm³/mol. The highest BCUT2D eigenvalue weighted by Gasteiger charge is 2.16. The zero-order valence-electron chi connectivity index (χ0n) is 18.0. The normalized spacial score (nSPS) is 12.2. The van der Waals surface area contributed by atoms with Crippen LogP contribution in [0.1, 0.15) is 28.9 Å². The smallest absolute Gasteiger partial charge is 0.255 e. The van der Waals surface area contributed by atoms with E-state index in [0.717, 1.165) is 5.69 Å². The lowest BCUT2D eigenvalue weighted by Crippen LogP contribution is -2.27. The third kappa shape index (κ3) is 6.40. The Balaban J connectivity index is 1.63. The molecule has 0 aliphatic carbocycles. The molecule has 8 heteroatoms. The summed E-state index contributed by atoms with van der Waals surface area (Å²) in [5, 5.41) is 6.22. The fourth-order valence-electron chi connectivity index (χ4n) is 3.09. The summed E-state index contributed by atoms with van der Waals surface area (Å²) in [7, 11) is -2.23. The van der Waals surface area contributed by atoms with E-state index >= 15 is 0 Å². The Morgan fingerprint density at radius 3 is 2.31 bits per heavy atom. The van der Waals surface area contributed by atoms with Crippen molar-refractivity contribution >= 4 is 27.3 Å². The molecular weight excluding hydrogens is 426 g/mol. The van der Waals surface area contributed by atoms with Crippen LogP contribution in [0.15, 0.2) is 83.8 Å². The second-order valence-electron chi connectivity index (χ2n) is 7.23. The van der Waals surface area contributed by atoms with E-state index in [2.05, 4.69) is 34.4 Å². The van der Waals surface area contributed by atoms with E-state index < -0.39 is 15.9 Å². The Labute approximate surface area is 188 Å². The average molecular weight is 454 g/mol. The molecule has 3 aromatic rings. The van der Waals surface area contributed by atoms with Crippen molar-refractivity contribution in [3.8, 4) is 0 Å². The Morgan fingerprint density at radius 2 is 1.62 bits per heavy atom. The molecule has 7 nitrogen and oxygen atoms in total. The zero-order valence-corrected chi connectivity index (χ0v) is 18.9. The van der Waals surface area contributed by atoms with Crippen LogP contribution in [-0.2, 0) is 14.8 Å². The maximum atomic E-state index is 12.6. The van der Waals surface area contributed by atoms with Gasteiger partial charge in [0.15, 0.2) is 0 Å². The van der Waals surface area contributed by atoms with E-state index in [1.807, 2.05) is 30.3 Å². The van der Waals surface area contributed by atoms with E-state index in [4.69, 9.17) is 4.74 Å². The van der Waals surface area contributed by atoms with Gasteiger partial charge in [0, 0.05) is 36.6 Å². The molecule has 0 heterocycles. The molecule has 3 rings (SSSR count). The lowest BCUT2D eigenvalue weighted by atomic mass is 10.1. The maximum absolute atomic E-state index is 12.6. The van der Waals surface area contributed by atoms with Crippen molar-refractivity contribution in [3.63, 3.8) is 0 Å². The van der Waals surface area contributed by atoms with Crippen LogP contribution in [0.4, 0.5) is 11.4 Å². The lowest BCUT2D eigenvalue weighted by molar-refractivity contribution is 0.102. The van der Waals surface area contributed by atoms with Crippen molar-refractivity contribution in [1.82, 2.24) is 4.72 Å². The Hall–Kier alpha value is -3.20. The number of hydrogen-bond donors (Lipinski definition) is 3. The zero-order chi connectivity index (χ0) is 23.0. The number of benzene rings is 3. The van der Waals surface area contributed by atoms with Gasteiger partial charge in [-0.25, -0.2) is 13.1 Å². The molecule has 0 bridgehead atoms. The minimum absolute atomic E-state index is 0.0238. The number of nitrogens with one attached hydrogen (secondary N) is 3.